The number of likely N-dealkylation sites (tertiary alicyclic amines) is 1. The summed E-state index contributed by atoms with van der Waals surface area (Å²) in [6.45, 7) is 5.54. The number of carbonyl (C=O) groups is 2. The third kappa shape index (κ3) is 2.91. The van der Waals surface area contributed by atoms with Crippen LogP contribution in [0.5, 0.6) is 0 Å². The number of nitrogens with one attached hydrogen (secondary N) is 1. The highest BCUT2D eigenvalue weighted by Crippen LogP contribution is 2.28. The number of hydrogen-bond donors (Lipinski definition) is 1. The van der Waals surface area contributed by atoms with Gasteiger partial charge in [0.25, 0.3) is 0 Å². The number of rotatable bonds is 4. The number of likely N-dealkylation sites (N-methyl/N-ethyl adjacent to an activating group) is 1. The molecule has 4 heteroatoms. The summed E-state index contributed by atoms with van der Waals surface area (Å²) in [5.41, 5.74) is 0. The van der Waals surface area contributed by atoms with Gasteiger partial charge in [0.15, 0.2) is 0 Å². The molecule has 1 atom stereocenters. The van der Waals surface area contributed by atoms with E-state index in [4.69, 9.17) is 0 Å². The Morgan fingerprint density at radius 3 is 2.44 bits per heavy atom. The van der Waals surface area contributed by atoms with Gasteiger partial charge in [-0.05, 0) is 38.1 Å². The van der Waals surface area contributed by atoms with Crippen molar-refractivity contribution in [2.24, 2.45) is 11.8 Å². The van der Waals surface area contributed by atoms with Gasteiger partial charge in [0.05, 0.1) is 12.5 Å². The Balaban J connectivity index is 1.77. The lowest BCUT2D eigenvalue weighted by atomic mass is 9.83. The van der Waals surface area contributed by atoms with Crippen LogP contribution < -0.4 is 5.32 Å². The summed E-state index contributed by atoms with van der Waals surface area (Å²) in [4.78, 5) is 24.9. The first-order chi connectivity index (χ1) is 8.61. The van der Waals surface area contributed by atoms with Gasteiger partial charge in [0, 0.05) is 6.54 Å². The molecule has 0 spiro atoms. The van der Waals surface area contributed by atoms with E-state index in [0.717, 1.165) is 12.5 Å². The average Bonchev–Trinajstić information content (AvgIpc) is 2.63. The molecule has 2 amide bonds. The fourth-order valence-corrected chi connectivity index (χ4v) is 3.02. The van der Waals surface area contributed by atoms with Crippen molar-refractivity contribution in [2.75, 3.05) is 13.1 Å². The van der Waals surface area contributed by atoms with Gasteiger partial charge in [-0.1, -0.05) is 19.8 Å². The molecule has 1 aliphatic heterocycles. The SMILES string of the molecule is CCN1C(=O)CC(NCC2CCC(C)CC2)C1=O. The Morgan fingerprint density at radius 2 is 1.89 bits per heavy atom. The summed E-state index contributed by atoms with van der Waals surface area (Å²) in [7, 11) is 0. The third-order valence-corrected chi connectivity index (χ3v) is 4.35. The molecule has 4 nitrogen and oxygen atoms in total. The summed E-state index contributed by atoms with van der Waals surface area (Å²) in [5.74, 6) is 1.47. The lowest BCUT2D eigenvalue weighted by Crippen LogP contribution is -2.41. The van der Waals surface area contributed by atoms with E-state index in [0.29, 0.717) is 18.9 Å². The zero-order valence-electron chi connectivity index (χ0n) is 11.4. The first-order valence-corrected chi connectivity index (χ1v) is 7.19. The number of hydrogen-bond acceptors (Lipinski definition) is 3. The molecule has 2 aliphatic rings. The molecular weight excluding hydrogens is 228 g/mol. The molecule has 0 bridgehead atoms. The van der Waals surface area contributed by atoms with Crippen molar-refractivity contribution in [1.82, 2.24) is 10.2 Å². The van der Waals surface area contributed by atoms with Crippen LogP contribution in [0.25, 0.3) is 0 Å². The van der Waals surface area contributed by atoms with Crippen LogP contribution in [0, 0.1) is 11.8 Å². The molecule has 1 aliphatic carbocycles. The first-order valence-electron chi connectivity index (χ1n) is 7.19. The van der Waals surface area contributed by atoms with E-state index in [1.54, 1.807) is 0 Å². The summed E-state index contributed by atoms with van der Waals surface area (Å²) < 4.78 is 0. The summed E-state index contributed by atoms with van der Waals surface area (Å²) in [6, 6.07) is -0.267. The smallest absolute Gasteiger partial charge is 0.246 e. The third-order valence-electron chi connectivity index (χ3n) is 4.35. The van der Waals surface area contributed by atoms with Gasteiger partial charge in [0.2, 0.25) is 11.8 Å². The van der Waals surface area contributed by atoms with Gasteiger partial charge >= 0.3 is 0 Å². The van der Waals surface area contributed by atoms with Crippen LogP contribution in [-0.2, 0) is 9.59 Å². The molecule has 18 heavy (non-hydrogen) atoms. The van der Waals surface area contributed by atoms with Crippen LogP contribution in [0.2, 0.25) is 0 Å². The van der Waals surface area contributed by atoms with E-state index in [9.17, 15) is 9.59 Å². The average molecular weight is 252 g/mol. The molecule has 2 rings (SSSR count). The number of carbonyl (C=O) groups excluding carboxylic acids is 2. The van der Waals surface area contributed by atoms with Crippen molar-refractivity contribution in [3.63, 3.8) is 0 Å². The zero-order valence-corrected chi connectivity index (χ0v) is 11.4. The molecule has 1 saturated carbocycles. The predicted molar refractivity (Wildman–Crippen MR) is 69.9 cm³/mol. The number of nitrogens with zero attached hydrogens (tertiary/aromatic N) is 1. The molecule has 2 fully saturated rings. The van der Waals surface area contributed by atoms with Crippen molar-refractivity contribution in [3.05, 3.63) is 0 Å². The minimum absolute atomic E-state index is 0.0303. The zero-order chi connectivity index (χ0) is 13.1. The molecule has 0 radical (unpaired) electrons. The molecular formula is C14H24N2O2. The first kappa shape index (κ1) is 13.5. The molecule has 1 heterocycles. The van der Waals surface area contributed by atoms with Gasteiger partial charge in [-0.2, -0.15) is 0 Å². The van der Waals surface area contributed by atoms with Crippen LogP contribution in [0.15, 0.2) is 0 Å². The van der Waals surface area contributed by atoms with E-state index in [1.807, 2.05) is 6.92 Å². The molecule has 0 aromatic carbocycles. The van der Waals surface area contributed by atoms with E-state index in [2.05, 4.69) is 12.2 Å². The van der Waals surface area contributed by atoms with E-state index in [-0.39, 0.29) is 17.9 Å². The Hall–Kier alpha value is -0.900. The molecule has 1 saturated heterocycles. The standard InChI is InChI=1S/C14H24N2O2/c1-3-16-13(17)8-12(14(16)18)15-9-11-6-4-10(2)5-7-11/h10-12,15H,3-9H2,1-2H3. The summed E-state index contributed by atoms with van der Waals surface area (Å²) >= 11 is 0. The lowest BCUT2D eigenvalue weighted by Gasteiger charge is -2.27. The minimum Gasteiger partial charge on any atom is -0.305 e. The van der Waals surface area contributed by atoms with Crippen LogP contribution in [0.3, 0.4) is 0 Å². The van der Waals surface area contributed by atoms with Crippen molar-refractivity contribution in [3.8, 4) is 0 Å². The summed E-state index contributed by atoms with van der Waals surface area (Å²) in [6.07, 6.45) is 5.44. The van der Waals surface area contributed by atoms with E-state index in [1.165, 1.54) is 30.6 Å². The van der Waals surface area contributed by atoms with Gasteiger partial charge in [-0.3, -0.25) is 14.5 Å². The fourth-order valence-electron chi connectivity index (χ4n) is 3.02. The number of amides is 2. The van der Waals surface area contributed by atoms with Gasteiger partial charge in [0.1, 0.15) is 0 Å². The Morgan fingerprint density at radius 1 is 1.22 bits per heavy atom. The Bertz CT molecular complexity index is 322. The Labute approximate surface area is 109 Å². The van der Waals surface area contributed by atoms with Crippen LogP contribution in [0.4, 0.5) is 0 Å². The maximum Gasteiger partial charge on any atom is 0.246 e. The maximum atomic E-state index is 11.9. The number of imide groups is 1. The maximum absolute atomic E-state index is 11.9. The topological polar surface area (TPSA) is 49.4 Å². The second-order valence-corrected chi connectivity index (χ2v) is 5.77. The second-order valence-electron chi connectivity index (χ2n) is 5.77. The van der Waals surface area contributed by atoms with Crippen LogP contribution >= 0.6 is 0 Å². The second kappa shape index (κ2) is 5.83. The molecule has 1 N–H and O–H groups in total. The molecule has 0 aromatic heterocycles. The van der Waals surface area contributed by atoms with Crippen LogP contribution in [-0.4, -0.2) is 35.8 Å². The Kier molecular flexibility index (Phi) is 4.38. The largest absolute Gasteiger partial charge is 0.305 e. The predicted octanol–water partition coefficient (Wildman–Crippen LogP) is 1.55. The normalized spacial score (nSPS) is 33.2. The van der Waals surface area contributed by atoms with E-state index >= 15 is 0 Å². The molecule has 1 unspecified atom stereocenters. The van der Waals surface area contributed by atoms with E-state index < -0.39 is 0 Å². The quantitative estimate of drug-likeness (QED) is 0.772. The van der Waals surface area contributed by atoms with Crippen molar-refractivity contribution in [2.45, 2.75) is 52.0 Å². The lowest BCUT2D eigenvalue weighted by molar-refractivity contribution is -0.138. The van der Waals surface area contributed by atoms with Crippen LogP contribution in [0.1, 0.15) is 46.0 Å². The highest BCUT2D eigenvalue weighted by molar-refractivity contribution is 6.05. The highest BCUT2D eigenvalue weighted by Gasteiger charge is 2.37. The summed E-state index contributed by atoms with van der Waals surface area (Å²) in [5, 5.41) is 3.30. The van der Waals surface area contributed by atoms with Gasteiger partial charge in [-0.25, -0.2) is 0 Å². The van der Waals surface area contributed by atoms with Crippen molar-refractivity contribution >= 4 is 11.8 Å². The molecule has 0 aromatic rings. The van der Waals surface area contributed by atoms with Crippen molar-refractivity contribution < 1.29 is 9.59 Å². The minimum atomic E-state index is -0.267. The van der Waals surface area contributed by atoms with Gasteiger partial charge < -0.3 is 5.32 Å². The fraction of sp³-hybridized carbons (Fsp3) is 0.857. The molecule has 102 valence electrons. The van der Waals surface area contributed by atoms with Crippen molar-refractivity contribution in [1.29, 1.82) is 0 Å². The van der Waals surface area contributed by atoms with Gasteiger partial charge in [-0.15, -0.1) is 0 Å². The monoisotopic (exact) mass is 252 g/mol. The highest BCUT2D eigenvalue weighted by atomic mass is 16.2.